The number of carbonyl (C=O) groups is 1. The molecule has 1 amide bonds. The number of rotatable bonds is 4. The molecule has 0 aliphatic carbocycles. The fraction of sp³-hybridized carbons (Fsp3) is 0.200. The quantitative estimate of drug-likeness (QED) is 0.913. The van der Waals surface area contributed by atoms with E-state index in [1.807, 2.05) is 31.2 Å². The predicted molar refractivity (Wildman–Crippen MR) is 73.3 cm³/mol. The molecule has 0 saturated heterocycles. The molecule has 2 rings (SSSR count). The molecule has 0 bridgehead atoms. The van der Waals surface area contributed by atoms with Gasteiger partial charge in [-0.15, -0.1) is 0 Å². The second kappa shape index (κ2) is 5.52. The van der Waals surface area contributed by atoms with Crippen LogP contribution in [0.25, 0.3) is 0 Å². The van der Waals surface area contributed by atoms with Gasteiger partial charge in [0.1, 0.15) is 5.75 Å². The SMILES string of the molecule is COc1cccnc1C(C)c1cccc(C(N)=O)c1. The Kier molecular flexibility index (Phi) is 3.80. The number of amides is 1. The zero-order valence-electron chi connectivity index (χ0n) is 11.0. The Bertz CT molecular complexity index is 596. The summed E-state index contributed by atoms with van der Waals surface area (Å²) in [6.07, 6.45) is 1.73. The van der Waals surface area contributed by atoms with Crippen molar-refractivity contribution in [1.82, 2.24) is 4.98 Å². The number of carbonyl (C=O) groups excluding carboxylic acids is 1. The number of methoxy groups -OCH3 is 1. The Labute approximate surface area is 112 Å². The average Bonchev–Trinajstić information content (AvgIpc) is 2.46. The van der Waals surface area contributed by atoms with Gasteiger partial charge in [-0.1, -0.05) is 19.1 Å². The zero-order valence-corrected chi connectivity index (χ0v) is 11.0. The molecular formula is C15H16N2O2. The highest BCUT2D eigenvalue weighted by Crippen LogP contribution is 2.29. The Balaban J connectivity index is 2.41. The Morgan fingerprint density at radius 3 is 2.79 bits per heavy atom. The highest BCUT2D eigenvalue weighted by atomic mass is 16.5. The molecule has 0 aliphatic heterocycles. The standard InChI is InChI=1S/C15H16N2O2/c1-10(14-13(19-2)7-4-8-17-14)11-5-3-6-12(9-11)15(16)18/h3-10H,1-2H3,(H2,16,18). The number of aromatic nitrogens is 1. The summed E-state index contributed by atoms with van der Waals surface area (Å²) >= 11 is 0. The number of hydrogen-bond acceptors (Lipinski definition) is 3. The van der Waals surface area contributed by atoms with Crippen molar-refractivity contribution >= 4 is 5.91 Å². The molecule has 1 aromatic carbocycles. The molecule has 0 aliphatic rings. The topological polar surface area (TPSA) is 65.2 Å². The van der Waals surface area contributed by atoms with E-state index in [2.05, 4.69) is 4.98 Å². The van der Waals surface area contributed by atoms with Gasteiger partial charge in [0.25, 0.3) is 0 Å². The summed E-state index contributed by atoms with van der Waals surface area (Å²) in [4.78, 5) is 15.6. The predicted octanol–water partition coefficient (Wildman–Crippen LogP) is 2.34. The van der Waals surface area contributed by atoms with Gasteiger partial charge < -0.3 is 10.5 Å². The van der Waals surface area contributed by atoms with Crippen LogP contribution in [0.1, 0.15) is 34.5 Å². The van der Waals surface area contributed by atoms with Crippen molar-refractivity contribution in [2.75, 3.05) is 7.11 Å². The molecule has 1 aromatic heterocycles. The Morgan fingerprint density at radius 1 is 1.32 bits per heavy atom. The Hall–Kier alpha value is -2.36. The minimum Gasteiger partial charge on any atom is -0.495 e. The molecule has 1 atom stereocenters. The van der Waals surface area contributed by atoms with Crippen molar-refractivity contribution in [2.45, 2.75) is 12.8 Å². The number of pyridine rings is 1. The zero-order chi connectivity index (χ0) is 13.8. The fourth-order valence-electron chi connectivity index (χ4n) is 2.02. The lowest BCUT2D eigenvalue weighted by Gasteiger charge is -2.15. The summed E-state index contributed by atoms with van der Waals surface area (Å²) in [6, 6.07) is 11.0. The van der Waals surface area contributed by atoms with Crippen LogP contribution >= 0.6 is 0 Å². The van der Waals surface area contributed by atoms with Crippen LogP contribution in [-0.4, -0.2) is 18.0 Å². The minimum atomic E-state index is -0.429. The molecule has 19 heavy (non-hydrogen) atoms. The van der Waals surface area contributed by atoms with Crippen LogP contribution in [0.3, 0.4) is 0 Å². The number of nitrogens with zero attached hydrogens (tertiary/aromatic N) is 1. The van der Waals surface area contributed by atoms with Crippen LogP contribution in [-0.2, 0) is 0 Å². The lowest BCUT2D eigenvalue weighted by molar-refractivity contribution is 0.1000. The smallest absolute Gasteiger partial charge is 0.248 e. The van der Waals surface area contributed by atoms with E-state index in [1.54, 1.807) is 25.4 Å². The highest BCUT2D eigenvalue weighted by molar-refractivity contribution is 5.92. The molecule has 1 heterocycles. The van der Waals surface area contributed by atoms with Crippen molar-refractivity contribution in [2.24, 2.45) is 5.73 Å². The number of ether oxygens (including phenoxy) is 1. The van der Waals surface area contributed by atoms with Gasteiger partial charge in [-0.3, -0.25) is 9.78 Å². The van der Waals surface area contributed by atoms with Gasteiger partial charge in [0.15, 0.2) is 0 Å². The van der Waals surface area contributed by atoms with Crippen molar-refractivity contribution < 1.29 is 9.53 Å². The van der Waals surface area contributed by atoms with Crippen molar-refractivity contribution in [3.63, 3.8) is 0 Å². The van der Waals surface area contributed by atoms with Gasteiger partial charge in [-0.25, -0.2) is 0 Å². The first-order valence-corrected chi connectivity index (χ1v) is 6.02. The van der Waals surface area contributed by atoms with Crippen LogP contribution in [0.2, 0.25) is 0 Å². The van der Waals surface area contributed by atoms with E-state index >= 15 is 0 Å². The second-order valence-electron chi connectivity index (χ2n) is 4.30. The Morgan fingerprint density at radius 2 is 2.11 bits per heavy atom. The van der Waals surface area contributed by atoms with Crippen molar-refractivity contribution in [3.05, 3.63) is 59.4 Å². The molecule has 2 N–H and O–H groups in total. The third kappa shape index (κ3) is 2.73. The minimum absolute atomic E-state index is 0.0236. The number of hydrogen-bond donors (Lipinski definition) is 1. The van der Waals surface area contributed by atoms with E-state index < -0.39 is 5.91 Å². The third-order valence-electron chi connectivity index (χ3n) is 3.10. The maximum atomic E-state index is 11.2. The molecular weight excluding hydrogens is 240 g/mol. The first-order valence-electron chi connectivity index (χ1n) is 6.02. The van der Waals surface area contributed by atoms with Crippen LogP contribution in [0, 0.1) is 0 Å². The molecule has 98 valence electrons. The van der Waals surface area contributed by atoms with Crippen molar-refractivity contribution in [1.29, 1.82) is 0 Å². The summed E-state index contributed by atoms with van der Waals surface area (Å²) < 4.78 is 5.31. The average molecular weight is 256 g/mol. The summed E-state index contributed by atoms with van der Waals surface area (Å²) in [7, 11) is 1.62. The van der Waals surface area contributed by atoms with Crippen LogP contribution in [0.5, 0.6) is 5.75 Å². The maximum absolute atomic E-state index is 11.2. The molecule has 2 aromatic rings. The van der Waals surface area contributed by atoms with E-state index in [1.165, 1.54) is 0 Å². The molecule has 0 spiro atoms. The molecule has 4 heteroatoms. The molecule has 0 radical (unpaired) electrons. The third-order valence-corrected chi connectivity index (χ3v) is 3.10. The first-order chi connectivity index (χ1) is 9.13. The van der Waals surface area contributed by atoms with E-state index in [-0.39, 0.29) is 5.92 Å². The van der Waals surface area contributed by atoms with Crippen molar-refractivity contribution in [3.8, 4) is 5.75 Å². The number of benzene rings is 1. The highest BCUT2D eigenvalue weighted by Gasteiger charge is 2.15. The molecule has 0 saturated carbocycles. The van der Waals surface area contributed by atoms with E-state index in [9.17, 15) is 4.79 Å². The first kappa shape index (κ1) is 13.1. The van der Waals surface area contributed by atoms with E-state index in [0.717, 1.165) is 17.0 Å². The summed E-state index contributed by atoms with van der Waals surface area (Å²) in [5, 5.41) is 0. The summed E-state index contributed by atoms with van der Waals surface area (Å²) in [5.74, 6) is 0.331. The number of nitrogens with two attached hydrogens (primary N) is 1. The molecule has 1 unspecified atom stereocenters. The van der Waals surface area contributed by atoms with Gasteiger partial charge >= 0.3 is 0 Å². The van der Waals surface area contributed by atoms with E-state index in [0.29, 0.717) is 5.56 Å². The lowest BCUT2D eigenvalue weighted by Crippen LogP contribution is -2.11. The van der Waals surface area contributed by atoms with Crippen LogP contribution in [0.4, 0.5) is 0 Å². The fourth-order valence-corrected chi connectivity index (χ4v) is 2.02. The molecule has 4 nitrogen and oxygen atoms in total. The van der Waals surface area contributed by atoms with Gasteiger partial charge in [0.2, 0.25) is 5.91 Å². The second-order valence-corrected chi connectivity index (χ2v) is 4.30. The normalized spacial score (nSPS) is 11.9. The maximum Gasteiger partial charge on any atom is 0.248 e. The summed E-state index contributed by atoms with van der Waals surface area (Å²) in [6.45, 7) is 2.02. The van der Waals surface area contributed by atoms with Gasteiger partial charge in [0.05, 0.1) is 12.8 Å². The van der Waals surface area contributed by atoms with Gasteiger partial charge in [-0.2, -0.15) is 0 Å². The lowest BCUT2D eigenvalue weighted by atomic mass is 9.95. The molecule has 0 fully saturated rings. The van der Waals surface area contributed by atoms with Gasteiger partial charge in [0, 0.05) is 17.7 Å². The summed E-state index contributed by atoms with van der Waals surface area (Å²) in [5.41, 5.74) is 7.62. The monoisotopic (exact) mass is 256 g/mol. The van der Waals surface area contributed by atoms with Crippen LogP contribution in [0.15, 0.2) is 42.6 Å². The van der Waals surface area contributed by atoms with Crippen LogP contribution < -0.4 is 10.5 Å². The van der Waals surface area contributed by atoms with Gasteiger partial charge in [-0.05, 0) is 29.8 Å². The number of primary amides is 1. The largest absolute Gasteiger partial charge is 0.495 e. The van der Waals surface area contributed by atoms with E-state index in [4.69, 9.17) is 10.5 Å².